The van der Waals surface area contributed by atoms with Crippen molar-refractivity contribution in [2.24, 2.45) is 0 Å². The molecule has 0 bridgehead atoms. The third kappa shape index (κ3) is 4.87. The van der Waals surface area contributed by atoms with Crippen molar-refractivity contribution in [3.8, 4) is 23.8 Å². The number of nitrogens with zero attached hydrogens (tertiary/aromatic N) is 3. The van der Waals surface area contributed by atoms with Crippen LogP contribution in [0.15, 0.2) is 48.2 Å². The van der Waals surface area contributed by atoms with Crippen LogP contribution in [0.25, 0.3) is 0 Å². The fourth-order valence-corrected chi connectivity index (χ4v) is 1.88. The smallest absolute Gasteiger partial charge is 0.433 e. The molecule has 0 spiro atoms. The molecule has 2 aromatic rings. The van der Waals surface area contributed by atoms with Crippen molar-refractivity contribution in [1.29, 1.82) is 10.5 Å². The Morgan fingerprint density at radius 3 is 2.52 bits per heavy atom. The molecule has 2 rings (SSSR count). The third-order valence-corrected chi connectivity index (χ3v) is 3.08. The number of rotatable bonds is 4. The van der Waals surface area contributed by atoms with E-state index in [0.717, 1.165) is 6.07 Å². The Morgan fingerprint density at radius 1 is 1.20 bits per heavy atom. The Hall–Kier alpha value is -3.23. The zero-order valence-electron chi connectivity index (χ0n) is 12.3. The first kappa shape index (κ1) is 18.1. The summed E-state index contributed by atoms with van der Waals surface area (Å²) in [5.41, 5.74) is -0.757. The van der Waals surface area contributed by atoms with Gasteiger partial charge in [0, 0.05) is 18.0 Å². The molecule has 0 atom stereocenters. The lowest BCUT2D eigenvalue weighted by molar-refractivity contribution is -0.141. The average Bonchev–Trinajstić information content (AvgIpc) is 2.57. The number of nitriles is 2. The fraction of sp³-hybridized carbons (Fsp3) is 0.0625. The normalized spacial score (nSPS) is 10.3. The quantitative estimate of drug-likeness (QED) is 0.781. The predicted molar refractivity (Wildman–Crippen MR) is 83.7 cm³/mol. The van der Waals surface area contributed by atoms with Crippen molar-refractivity contribution in [2.45, 2.75) is 6.18 Å². The van der Waals surface area contributed by atoms with E-state index >= 15 is 0 Å². The van der Waals surface area contributed by atoms with Gasteiger partial charge in [-0.3, -0.25) is 0 Å². The minimum absolute atomic E-state index is 0.101. The van der Waals surface area contributed by atoms with Crippen LogP contribution >= 0.6 is 11.6 Å². The highest BCUT2D eigenvalue weighted by Gasteiger charge is 2.32. The van der Waals surface area contributed by atoms with Gasteiger partial charge in [-0.05, 0) is 24.3 Å². The number of hydrogen-bond donors (Lipinski definition) is 1. The Bertz CT molecular complexity index is 881. The number of pyridine rings is 1. The van der Waals surface area contributed by atoms with Crippen LogP contribution < -0.4 is 10.1 Å². The molecular formula is C16H8ClF3N4O. The van der Waals surface area contributed by atoms with E-state index in [4.69, 9.17) is 26.9 Å². The molecular weight excluding hydrogens is 357 g/mol. The van der Waals surface area contributed by atoms with E-state index in [0.29, 0.717) is 5.69 Å². The molecule has 0 amide bonds. The summed E-state index contributed by atoms with van der Waals surface area (Å²) >= 11 is 6.03. The summed E-state index contributed by atoms with van der Waals surface area (Å²) in [6.45, 7) is 0. The van der Waals surface area contributed by atoms with Crippen molar-refractivity contribution >= 4 is 17.3 Å². The molecule has 1 N–H and O–H groups in total. The molecule has 0 saturated carbocycles. The van der Waals surface area contributed by atoms with Gasteiger partial charge in [-0.2, -0.15) is 23.7 Å². The van der Waals surface area contributed by atoms with E-state index in [1.54, 1.807) is 12.1 Å². The zero-order valence-corrected chi connectivity index (χ0v) is 13.1. The predicted octanol–water partition coefficient (Wildman–Crippen LogP) is 4.89. The van der Waals surface area contributed by atoms with Gasteiger partial charge in [-0.15, -0.1) is 0 Å². The molecule has 5 nitrogen and oxygen atoms in total. The summed E-state index contributed by atoms with van der Waals surface area (Å²) in [4.78, 5) is 3.38. The number of halogens is 4. The highest BCUT2D eigenvalue weighted by molar-refractivity contribution is 6.32. The van der Waals surface area contributed by atoms with Crippen LogP contribution in [0.1, 0.15) is 5.69 Å². The van der Waals surface area contributed by atoms with Gasteiger partial charge in [0.1, 0.15) is 29.2 Å². The Kier molecular flexibility index (Phi) is 5.48. The molecule has 1 aromatic carbocycles. The van der Waals surface area contributed by atoms with Crippen molar-refractivity contribution < 1.29 is 17.9 Å². The molecule has 0 radical (unpaired) electrons. The number of ether oxygens (including phenoxy) is 1. The highest BCUT2D eigenvalue weighted by atomic mass is 35.5. The summed E-state index contributed by atoms with van der Waals surface area (Å²) in [5.74, 6) is -0.155. The summed E-state index contributed by atoms with van der Waals surface area (Å²) in [7, 11) is 0. The lowest BCUT2D eigenvalue weighted by atomic mass is 10.3. The first-order chi connectivity index (χ1) is 11.8. The van der Waals surface area contributed by atoms with Gasteiger partial charge in [0.25, 0.3) is 0 Å². The Labute approximate surface area is 145 Å². The topological polar surface area (TPSA) is 81.7 Å². The molecule has 0 aliphatic heterocycles. The van der Waals surface area contributed by atoms with E-state index in [-0.39, 0.29) is 22.2 Å². The summed E-state index contributed by atoms with van der Waals surface area (Å²) in [6, 6.07) is 11.0. The molecule has 0 fully saturated rings. The molecule has 0 aliphatic rings. The van der Waals surface area contributed by atoms with Crippen LogP contribution in [-0.4, -0.2) is 4.98 Å². The van der Waals surface area contributed by atoms with E-state index in [1.165, 1.54) is 36.5 Å². The maximum Gasteiger partial charge on any atom is 0.433 e. The summed E-state index contributed by atoms with van der Waals surface area (Å²) in [6.07, 6.45) is -3.39. The van der Waals surface area contributed by atoms with Crippen LogP contribution in [0.4, 0.5) is 18.9 Å². The molecule has 0 unspecified atom stereocenters. The highest BCUT2D eigenvalue weighted by Crippen LogP contribution is 2.33. The number of aromatic nitrogens is 1. The monoisotopic (exact) mass is 364 g/mol. The van der Waals surface area contributed by atoms with Crippen molar-refractivity contribution in [3.63, 3.8) is 0 Å². The van der Waals surface area contributed by atoms with Gasteiger partial charge in [-0.1, -0.05) is 17.7 Å². The number of allylic oxidation sites excluding steroid dienone is 1. The number of benzene rings is 1. The molecule has 1 heterocycles. The van der Waals surface area contributed by atoms with E-state index in [2.05, 4.69) is 10.3 Å². The lowest BCUT2D eigenvalue weighted by Gasteiger charge is -2.10. The largest absolute Gasteiger partial charge is 0.437 e. The van der Waals surface area contributed by atoms with Crippen molar-refractivity contribution in [2.75, 3.05) is 5.32 Å². The summed E-state index contributed by atoms with van der Waals surface area (Å²) < 4.78 is 43.2. The van der Waals surface area contributed by atoms with Gasteiger partial charge in [-0.25, -0.2) is 4.98 Å². The lowest BCUT2D eigenvalue weighted by Crippen LogP contribution is -2.08. The molecule has 9 heteroatoms. The van der Waals surface area contributed by atoms with Gasteiger partial charge in [0.2, 0.25) is 5.88 Å². The average molecular weight is 365 g/mol. The minimum Gasteiger partial charge on any atom is -0.437 e. The van der Waals surface area contributed by atoms with Gasteiger partial charge in [0.15, 0.2) is 0 Å². The molecule has 0 saturated heterocycles. The molecule has 126 valence electrons. The second-order valence-corrected chi connectivity index (χ2v) is 4.94. The van der Waals surface area contributed by atoms with E-state index in [1.807, 2.05) is 0 Å². The maximum absolute atomic E-state index is 12.6. The van der Waals surface area contributed by atoms with E-state index < -0.39 is 11.9 Å². The zero-order chi connectivity index (χ0) is 18.4. The SMILES string of the molecule is N#CC(C#N)=CNc1ccc(Oc2cccc(C(F)(F)F)n2)c(Cl)c1. The fourth-order valence-electron chi connectivity index (χ4n) is 1.66. The molecule has 0 aliphatic carbocycles. The van der Waals surface area contributed by atoms with Gasteiger partial charge < -0.3 is 10.1 Å². The summed E-state index contributed by atoms with van der Waals surface area (Å²) in [5, 5.41) is 20.1. The van der Waals surface area contributed by atoms with Crippen LogP contribution in [-0.2, 0) is 6.18 Å². The number of hydrogen-bond acceptors (Lipinski definition) is 5. The molecule has 1 aromatic heterocycles. The number of anilines is 1. The Morgan fingerprint density at radius 2 is 1.92 bits per heavy atom. The van der Waals surface area contributed by atoms with Crippen LogP contribution in [0, 0.1) is 22.7 Å². The van der Waals surface area contributed by atoms with Gasteiger partial charge in [0.05, 0.1) is 5.02 Å². The van der Waals surface area contributed by atoms with Crippen molar-refractivity contribution in [1.82, 2.24) is 4.98 Å². The second kappa shape index (κ2) is 7.56. The van der Waals surface area contributed by atoms with Crippen LogP contribution in [0.5, 0.6) is 11.6 Å². The van der Waals surface area contributed by atoms with Crippen LogP contribution in [0.3, 0.4) is 0 Å². The third-order valence-electron chi connectivity index (χ3n) is 2.78. The van der Waals surface area contributed by atoms with Crippen LogP contribution in [0.2, 0.25) is 5.02 Å². The standard InChI is InChI=1S/C16H8ClF3N4O/c17-12-6-11(23-9-10(7-21)8-22)4-5-13(12)25-15-3-1-2-14(24-15)16(18,19)20/h1-6,9,23H. The number of nitrogens with one attached hydrogen (secondary N) is 1. The van der Waals surface area contributed by atoms with Crippen molar-refractivity contribution in [3.05, 3.63) is 58.9 Å². The first-order valence-electron chi connectivity index (χ1n) is 6.62. The van der Waals surface area contributed by atoms with Gasteiger partial charge >= 0.3 is 6.18 Å². The minimum atomic E-state index is -4.58. The number of alkyl halides is 3. The second-order valence-electron chi connectivity index (χ2n) is 4.53. The Balaban J connectivity index is 2.19. The first-order valence-corrected chi connectivity index (χ1v) is 7.00. The maximum atomic E-state index is 12.6. The molecule has 25 heavy (non-hydrogen) atoms. The van der Waals surface area contributed by atoms with E-state index in [9.17, 15) is 13.2 Å².